The van der Waals surface area contributed by atoms with E-state index >= 15 is 0 Å². The lowest BCUT2D eigenvalue weighted by molar-refractivity contribution is -0.130. The first-order valence-electron chi connectivity index (χ1n) is 9.18. The SMILES string of the molecule is CCN(CC(=O)N1CCN(c2ccc(OC)cc2)CC1)c1ccccc1. The molecule has 1 heterocycles. The van der Waals surface area contributed by atoms with Crippen LogP contribution in [0.3, 0.4) is 0 Å². The average Bonchev–Trinajstić information content (AvgIpc) is 2.72. The molecule has 138 valence electrons. The molecule has 5 heteroatoms. The fourth-order valence-electron chi connectivity index (χ4n) is 3.29. The molecule has 0 spiro atoms. The largest absolute Gasteiger partial charge is 0.497 e. The van der Waals surface area contributed by atoms with Crippen LogP contribution in [0.25, 0.3) is 0 Å². The van der Waals surface area contributed by atoms with E-state index in [0.717, 1.165) is 44.2 Å². The second kappa shape index (κ2) is 8.61. The molecular formula is C21H27N3O2. The number of anilines is 2. The Morgan fingerprint density at radius 2 is 1.65 bits per heavy atom. The van der Waals surface area contributed by atoms with Crippen molar-refractivity contribution in [2.24, 2.45) is 0 Å². The maximum Gasteiger partial charge on any atom is 0.242 e. The molecule has 1 aliphatic heterocycles. The number of carbonyl (C=O) groups is 1. The Balaban J connectivity index is 1.54. The normalized spacial score (nSPS) is 14.2. The number of likely N-dealkylation sites (N-methyl/N-ethyl adjacent to an activating group) is 1. The summed E-state index contributed by atoms with van der Waals surface area (Å²) in [5.74, 6) is 1.06. The molecule has 1 aliphatic rings. The van der Waals surface area contributed by atoms with Crippen LogP contribution in [0, 0.1) is 0 Å². The van der Waals surface area contributed by atoms with Gasteiger partial charge in [-0.2, -0.15) is 0 Å². The molecule has 1 fully saturated rings. The van der Waals surface area contributed by atoms with Crippen LogP contribution >= 0.6 is 0 Å². The van der Waals surface area contributed by atoms with Crippen LogP contribution in [-0.2, 0) is 4.79 Å². The molecule has 3 rings (SSSR count). The van der Waals surface area contributed by atoms with E-state index in [2.05, 4.69) is 41.0 Å². The third-order valence-electron chi connectivity index (χ3n) is 4.90. The Hall–Kier alpha value is -2.69. The first-order chi connectivity index (χ1) is 12.7. The van der Waals surface area contributed by atoms with Crippen LogP contribution < -0.4 is 14.5 Å². The first-order valence-corrected chi connectivity index (χ1v) is 9.18. The van der Waals surface area contributed by atoms with Crippen molar-refractivity contribution in [3.05, 3.63) is 54.6 Å². The van der Waals surface area contributed by atoms with Gasteiger partial charge in [0.25, 0.3) is 0 Å². The first kappa shape index (κ1) is 18.1. The number of carbonyl (C=O) groups excluding carboxylic acids is 1. The van der Waals surface area contributed by atoms with E-state index in [1.54, 1.807) is 7.11 Å². The van der Waals surface area contributed by atoms with Crippen molar-refractivity contribution in [2.45, 2.75) is 6.92 Å². The molecule has 0 aromatic heterocycles. The number of hydrogen-bond donors (Lipinski definition) is 0. The molecule has 0 aliphatic carbocycles. The molecular weight excluding hydrogens is 326 g/mol. The highest BCUT2D eigenvalue weighted by Gasteiger charge is 2.22. The summed E-state index contributed by atoms with van der Waals surface area (Å²) in [5.41, 5.74) is 2.28. The van der Waals surface area contributed by atoms with Crippen molar-refractivity contribution in [1.29, 1.82) is 0 Å². The molecule has 0 saturated carbocycles. The summed E-state index contributed by atoms with van der Waals surface area (Å²) < 4.78 is 5.21. The minimum absolute atomic E-state index is 0.199. The Bertz CT molecular complexity index is 695. The van der Waals surface area contributed by atoms with Crippen LogP contribution in [0.1, 0.15) is 6.92 Å². The molecule has 1 amide bonds. The zero-order valence-electron chi connectivity index (χ0n) is 15.6. The molecule has 0 bridgehead atoms. The third kappa shape index (κ3) is 4.28. The van der Waals surface area contributed by atoms with E-state index in [4.69, 9.17) is 4.74 Å². The Morgan fingerprint density at radius 3 is 2.23 bits per heavy atom. The number of hydrogen-bond acceptors (Lipinski definition) is 4. The maximum atomic E-state index is 12.7. The summed E-state index contributed by atoms with van der Waals surface area (Å²) in [7, 11) is 1.68. The van der Waals surface area contributed by atoms with Gasteiger partial charge in [-0.05, 0) is 43.3 Å². The number of piperazine rings is 1. The number of methoxy groups -OCH3 is 1. The molecule has 0 radical (unpaired) electrons. The predicted octanol–water partition coefficient (Wildman–Crippen LogP) is 2.87. The van der Waals surface area contributed by atoms with Gasteiger partial charge in [0, 0.05) is 44.1 Å². The summed E-state index contributed by atoms with van der Waals surface area (Å²) in [6, 6.07) is 18.2. The van der Waals surface area contributed by atoms with Gasteiger partial charge in [-0.15, -0.1) is 0 Å². The summed E-state index contributed by atoms with van der Waals surface area (Å²) in [4.78, 5) is 19.1. The molecule has 2 aromatic carbocycles. The third-order valence-corrected chi connectivity index (χ3v) is 4.90. The van der Waals surface area contributed by atoms with Crippen molar-refractivity contribution in [3.63, 3.8) is 0 Å². The minimum Gasteiger partial charge on any atom is -0.497 e. The smallest absolute Gasteiger partial charge is 0.242 e. The topological polar surface area (TPSA) is 36.0 Å². The van der Waals surface area contributed by atoms with Crippen LogP contribution in [0.2, 0.25) is 0 Å². The Labute approximate surface area is 155 Å². The second-order valence-corrected chi connectivity index (χ2v) is 6.42. The van der Waals surface area contributed by atoms with Gasteiger partial charge >= 0.3 is 0 Å². The highest BCUT2D eigenvalue weighted by atomic mass is 16.5. The van der Waals surface area contributed by atoms with Gasteiger partial charge in [-0.1, -0.05) is 18.2 Å². The maximum absolute atomic E-state index is 12.7. The number of nitrogens with zero attached hydrogens (tertiary/aromatic N) is 3. The minimum atomic E-state index is 0.199. The van der Waals surface area contributed by atoms with Crippen LogP contribution in [0.15, 0.2) is 54.6 Å². The van der Waals surface area contributed by atoms with E-state index in [1.165, 1.54) is 5.69 Å². The van der Waals surface area contributed by atoms with Gasteiger partial charge in [0.15, 0.2) is 0 Å². The monoisotopic (exact) mass is 353 g/mol. The predicted molar refractivity (Wildman–Crippen MR) is 106 cm³/mol. The molecule has 0 N–H and O–H groups in total. The van der Waals surface area contributed by atoms with Crippen molar-refractivity contribution in [1.82, 2.24) is 4.90 Å². The van der Waals surface area contributed by atoms with Gasteiger partial charge in [0.05, 0.1) is 13.7 Å². The second-order valence-electron chi connectivity index (χ2n) is 6.42. The van der Waals surface area contributed by atoms with Gasteiger partial charge in [-0.3, -0.25) is 4.79 Å². The summed E-state index contributed by atoms with van der Waals surface area (Å²) >= 11 is 0. The number of para-hydroxylation sites is 1. The Kier molecular flexibility index (Phi) is 6.00. The summed E-state index contributed by atoms with van der Waals surface area (Å²) in [6.07, 6.45) is 0. The fraction of sp³-hybridized carbons (Fsp3) is 0.381. The van der Waals surface area contributed by atoms with Gasteiger partial charge in [-0.25, -0.2) is 0 Å². The van der Waals surface area contributed by atoms with Gasteiger partial charge < -0.3 is 19.4 Å². The average molecular weight is 353 g/mol. The molecule has 0 atom stereocenters. The van der Waals surface area contributed by atoms with Crippen LogP contribution in [0.4, 0.5) is 11.4 Å². The van der Waals surface area contributed by atoms with Gasteiger partial charge in [0.2, 0.25) is 5.91 Å². The van der Waals surface area contributed by atoms with Crippen molar-refractivity contribution in [3.8, 4) is 5.75 Å². The molecule has 0 unspecified atom stereocenters. The number of amides is 1. The fourth-order valence-corrected chi connectivity index (χ4v) is 3.29. The van der Waals surface area contributed by atoms with Crippen molar-refractivity contribution >= 4 is 17.3 Å². The lowest BCUT2D eigenvalue weighted by Crippen LogP contribution is -2.51. The number of benzene rings is 2. The molecule has 26 heavy (non-hydrogen) atoms. The summed E-state index contributed by atoms with van der Waals surface area (Å²) in [5, 5.41) is 0. The van der Waals surface area contributed by atoms with E-state index in [1.807, 2.05) is 35.2 Å². The van der Waals surface area contributed by atoms with Crippen molar-refractivity contribution < 1.29 is 9.53 Å². The molecule has 5 nitrogen and oxygen atoms in total. The lowest BCUT2D eigenvalue weighted by Gasteiger charge is -2.37. The summed E-state index contributed by atoms with van der Waals surface area (Å²) in [6.45, 7) is 6.58. The van der Waals surface area contributed by atoms with Crippen molar-refractivity contribution in [2.75, 3.05) is 56.2 Å². The number of ether oxygens (including phenoxy) is 1. The van der Waals surface area contributed by atoms with E-state index in [-0.39, 0.29) is 5.91 Å². The van der Waals surface area contributed by atoms with Crippen LogP contribution in [0.5, 0.6) is 5.75 Å². The number of rotatable bonds is 6. The highest BCUT2D eigenvalue weighted by molar-refractivity contribution is 5.81. The highest BCUT2D eigenvalue weighted by Crippen LogP contribution is 2.21. The zero-order valence-corrected chi connectivity index (χ0v) is 15.6. The van der Waals surface area contributed by atoms with E-state index in [0.29, 0.717) is 6.54 Å². The quantitative estimate of drug-likeness (QED) is 0.800. The Morgan fingerprint density at radius 1 is 1.00 bits per heavy atom. The zero-order chi connectivity index (χ0) is 18.4. The molecule has 2 aromatic rings. The van der Waals surface area contributed by atoms with E-state index < -0.39 is 0 Å². The van der Waals surface area contributed by atoms with Gasteiger partial charge in [0.1, 0.15) is 5.75 Å². The van der Waals surface area contributed by atoms with E-state index in [9.17, 15) is 4.79 Å². The lowest BCUT2D eigenvalue weighted by atomic mass is 10.2. The standard InChI is InChI=1S/C21H27N3O2/c1-3-22(18-7-5-4-6-8-18)17-21(25)24-15-13-23(14-16-24)19-9-11-20(26-2)12-10-19/h4-12H,3,13-17H2,1-2H3. The van der Waals surface area contributed by atoms with Crippen LogP contribution in [-0.4, -0.2) is 57.2 Å². The molecule has 1 saturated heterocycles.